The monoisotopic (exact) mass is 444 g/mol. The van der Waals surface area contributed by atoms with Crippen molar-refractivity contribution in [3.05, 3.63) is 41.0 Å². The molecule has 5 N–H and O–H groups in total. The first-order valence-corrected chi connectivity index (χ1v) is 11.3. The van der Waals surface area contributed by atoms with E-state index in [4.69, 9.17) is 32.9 Å². The van der Waals surface area contributed by atoms with E-state index < -0.39 is 5.91 Å². The van der Waals surface area contributed by atoms with Crippen LogP contribution in [0.4, 0.5) is 11.5 Å². The van der Waals surface area contributed by atoms with Crippen LogP contribution in [0, 0.1) is 5.92 Å². The number of ether oxygens (including phenoxy) is 1. The maximum Gasteiger partial charge on any atom is 0.254 e. The number of carbonyl (C=O) groups is 1. The van der Waals surface area contributed by atoms with Gasteiger partial charge in [0.1, 0.15) is 5.56 Å². The topological polar surface area (TPSA) is 111 Å². The second-order valence-electron chi connectivity index (χ2n) is 9.06. The molecule has 1 saturated carbocycles. The van der Waals surface area contributed by atoms with E-state index in [1.165, 1.54) is 6.42 Å². The molecule has 0 radical (unpaired) electrons. The number of amides is 1. The summed E-state index contributed by atoms with van der Waals surface area (Å²) in [5, 5.41) is 8.56. The maximum absolute atomic E-state index is 12.1. The molecule has 0 bridgehead atoms. The summed E-state index contributed by atoms with van der Waals surface area (Å²) in [6.07, 6.45) is 6.10. The van der Waals surface area contributed by atoms with Crippen LogP contribution in [0.5, 0.6) is 0 Å². The minimum Gasteiger partial charge on any atom is -0.377 e. The summed E-state index contributed by atoms with van der Waals surface area (Å²) in [5.41, 5.74) is 13.3. The summed E-state index contributed by atoms with van der Waals surface area (Å²) in [6.45, 7) is 3.46. The van der Waals surface area contributed by atoms with Gasteiger partial charge in [-0.05, 0) is 62.4 Å². The fourth-order valence-corrected chi connectivity index (χ4v) is 5.51. The predicted octanol–water partition coefficient (Wildman–Crippen LogP) is 2.52. The number of benzene rings is 1. The van der Waals surface area contributed by atoms with Crippen molar-refractivity contribution in [2.75, 3.05) is 31.6 Å². The first-order valence-electron chi connectivity index (χ1n) is 11.0. The minimum absolute atomic E-state index is 0.148. The largest absolute Gasteiger partial charge is 0.377 e. The second-order valence-corrected chi connectivity index (χ2v) is 9.49. The minimum atomic E-state index is -0.506. The van der Waals surface area contributed by atoms with E-state index in [1.807, 2.05) is 16.8 Å². The van der Waals surface area contributed by atoms with Crippen LogP contribution in [-0.2, 0) is 4.74 Å². The van der Waals surface area contributed by atoms with E-state index in [-0.39, 0.29) is 11.6 Å². The van der Waals surface area contributed by atoms with Gasteiger partial charge in [-0.15, -0.1) is 0 Å². The van der Waals surface area contributed by atoms with Gasteiger partial charge in [0.2, 0.25) is 0 Å². The molecule has 3 heterocycles. The van der Waals surface area contributed by atoms with Gasteiger partial charge in [-0.2, -0.15) is 5.10 Å². The molecule has 166 valence electrons. The molecule has 2 saturated heterocycles. The van der Waals surface area contributed by atoms with Crippen LogP contribution < -0.4 is 16.8 Å². The van der Waals surface area contributed by atoms with Crippen LogP contribution in [0.3, 0.4) is 0 Å². The van der Waals surface area contributed by atoms with Gasteiger partial charge in [-0.1, -0.05) is 11.6 Å². The third kappa shape index (κ3) is 3.71. The molecule has 9 heteroatoms. The number of rotatable bonds is 6. The second kappa shape index (κ2) is 8.09. The third-order valence-electron chi connectivity index (χ3n) is 7.27. The maximum atomic E-state index is 12.1. The van der Waals surface area contributed by atoms with E-state index in [1.54, 1.807) is 18.3 Å². The standard InChI is InChI=1S/C22H29ClN6O2/c23-15-1-3-16(4-2-15)26-21-18(20(25)30)11-29(27-21)19-6-5-17(9-14(19)10-24)28-8-7-22(28)12-31-13-22/h1-4,11,14,17,19H,5-10,12-13,24H2,(H2,25,30)(H,26,27)/t14-,17+,19+/m1/s1. The van der Waals surface area contributed by atoms with Crippen LogP contribution in [0.25, 0.3) is 0 Å². The third-order valence-corrected chi connectivity index (χ3v) is 7.52. The van der Waals surface area contributed by atoms with Gasteiger partial charge in [-0.3, -0.25) is 14.4 Å². The molecule has 1 aliphatic carbocycles. The molecule has 5 rings (SSSR count). The Morgan fingerprint density at radius 2 is 2.06 bits per heavy atom. The molecular formula is C22H29ClN6O2. The molecule has 2 aromatic rings. The van der Waals surface area contributed by atoms with Crippen molar-refractivity contribution in [2.24, 2.45) is 17.4 Å². The van der Waals surface area contributed by atoms with Crippen LogP contribution >= 0.6 is 11.6 Å². The summed E-state index contributed by atoms with van der Waals surface area (Å²) in [5.74, 6) is 0.246. The predicted molar refractivity (Wildman–Crippen MR) is 120 cm³/mol. The van der Waals surface area contributed by atoms with Gasteiger partial charge >= 0.3 is 0 Å². The quantitative estimate of drug-likeness (QED) is 0.631. The lowest BCUT2D eigenvalue weighted by Crippen LogP contribution is -2.73. The molecule has 8 nitrogen and oxygen atoms in total. The van der Waals surface area contributed by atoms with Crippen LogP contribution in [0.15, 0.2) is 30.5 Å². The summed E-state index contributed by atoms with van der Waals surface area (Å²) in [7, 11) is 0. The summed E-state index contributed by atoms with van der Waals surface area (Å²) in [6, 6.07) is 7.94. The summed E-state index contributed by atoms with van der Waals surface area (Å²) in [4.78, 5) is 14.7. The molecule has 3 fully saturated rings. The fraction of sp³-hybridized carbons (Fsp3) is 0.545. The normalized spacial score (nSPS) is 27.5. The van der Waals surface area contributed by atoms with E-state index in [0.29, 0.717) is 34.9 Å². The average Bonchev–Trinajstić information content (AvgIpc) is 3.11. The van der Waals surface area contributed by atoms with Gasteiger partial charge < -0.3 is 21.5 Å². The van der Waals surface area contributed by atoms with Crippen LogP contribution in [0.1, 0.15) is 42.1 Å². The zero-order valence-electron chi connectivity index (χ0n) is 17.5. The van der Waals surface area contributed by atoms with Crippen molar-refractivity contribution in [1.29, 1.82) is 0 Å². The van der Waals surface area contributed by atoms with Crippen molar-refractivity contribution in [2.45, 2.75) is 43.3 Å². The number of nitrogens with one attached hydrogen (secondary N) is 1. The smallest absolute Gasteiger partial charge is 0.254 e. The number of likely N-dealkylation sites (tertiary alicyclic amines) is 1. The molecule has 1 aromatic heterocycles. The van der Waals surface area contributed by atoms with Crippen molar-refractivity contribution >= 4 is 29.0 Å². The lowest BCUT2D eigenvalue weighted by molar-refractivity contribution is -0.212. The zero-order chi connectivity index (χ0) is 21.6. The average molecular weight is 445 g/mol. The van der Waals surface area contributed by atoms with Crippen molar-refractivity contribution in [1.82, 2.24) is 14.7 Å². The highest BCUT2D eigenvalue weighted by Gasteiger charge is 2.54. The number of halogens is 1. The number of nitrogens with two attached hydrogens (primary N) is 2. The highest BCUT2D eigenvalue weighted by Crippen LogP contribution is 2.45. The Hall–Kier alpha value is -2.13. The Kier molecular flexibility index (Phi) is 5.42. The lowest BCUT2D eigenvalue weighted by Gasteiger charge is -2.61. The highest BCUT2D eigenvalue weighted by molar-refractivity contribution is 6.30. The molecule has 1 spiro atoms. The highest BCUT2D eigenvalue weighted by atomic mass is 35.5. The fourth-order valence-electron chi connectivity index (χ4n) is 5.39. The van der Waals surface area contributed by atoms with Gasteiger partial charge in [0.05, 0.1) is 24.8 Å². The number of hydrogen-bond acceptors (Lipinski definition) is 6. The van der Waals surface area contributed by atoms with E-state index in [0.717, 1.165) is 44.7 Å². The number of anilines is 2. The number of hydrogen-bond donors (Lipinski definition) is 3. The Balaban J connectivity index is 1.34. The molecular weight excluding hydrogens is 416 g/mol. The Bertz CT molecular complexity index is 952. The Morgan fingerprint density at radius 1 is 1.29 bits per heavy atom. The molecule has 0 unspecified atom stereocenters. The van der Waals surface area contributed by atoms with E-state index in [2.05, 4.69) is 10.2 Å². The van der Waals surface area contributed by atoms with Crippen molar-refractivity contribution < 1.29 is 9.53 Å². The molecule has 3 atom stereocenters. The number of aromatic nitrogens is 2. The van der Waals surface area contributed by atoms with Gasteiger partial charge in [0, 0.05) is 29.5 Å². The van der Waals surface area contributed by atoms with Crippen molar-refractivity contribution in [3.8, 4) is 0 Å². The first-order chi connectivity index (χ1) is 15.0. The first kappa shape index (κ1) is 20.8. The number of nitrogens with zero attached hydrogens (tertiary/aromatic N) is 3. The summed E-state index contributed by atoms with van der Waals surface area (Å²) < 4.78 is 7.39. The molecule has 3 aliphatic rings. The van der Waals surface area contributed by atoms with Crippen molar-refractivity contribution in [3.63, 3.8) is 0 Å². The number of primary amides is 1. The van der Waals surface area contributed by atoms with Gasteiger partial charge in [-0.25, -0.2) is 0 Å². The van der Waals surface area contributed by atoms with E-state index in [9.17, 15) is 4.79 Å². The molecule has 1 aromatic carbocycles. The van der Waals surface area contributed by atoms with Crippen LogP contribution in [-0.4, -0.2) is 58.5 Å². The Morgan fingerprint density at radius 3 is 2.65 bits per heavy atom. The van der Waals surface area contributed by atoms with E-state index >= 15 is 0 Å². The SMILES string of the molecule is NC[C@H]1C[C@@H](N2CCC23COC3)CC[C@@H]1n1cc(C(N)=O)c(Nc2ccc(Cl)cc2)n1. The zero-order valence-corrected chi connectivity index (χ0v) is 18.2. The molecule has 2 aliphatic heterocycles. The van der Waals surface area contributed by atoms with Gasteiger partial charge in [0.25, 0.3) is 5.91 Å². The van der Waals surface area contributed by atoms with Gasteiger partial charge in [0.15, 0.2) is 5.82 Å². The summed E-state index contributed by atoms with van der Waals surface area (Å²) >= 11 is 5.97. The molecule has 1 amide bonds. The Labute approximate surface area is 186 Å². The number of carbonyl (C=O) groups excluding carboxylic acids is 1. The molecule has 31 heavy (non-hydrogen) atoms. The van der Waals surface area contributed by atoms with Crippen LogP contribution in [0.2, 0.25) is 5.02 Å². The lowest BCUT2D eigenvalue weighted by atomic mass is 9.74.